The number of pyridine rings is 2. The molecule has 0 radical (unpaired) electrons. The van der Waals surface area contributed by atoms with Crippen molar-refractivity contribution in [3.05, 3.63) is 90.0 Å². The fraction of sp³-hybridized carbons (Fsp3) is 0.227. The summed E-state index contributed by atoms with van der Waals surface area (Å²) in [6, 6.07) is 16.2. The topological polar surface area (TPSA) is 46.1 Å². The maximum absolute atomic E-state index is 13.6. The summed E-state index contributed by atoms with van der Waals surface area (Å²) in [6.45, 7) is 2.70. The molecule has 4 rings (SSSR count). The van der Waals surface area contributed by atoms with E-state index >= 15 is 0 Å². The van der Waals surface area contributed by atoms with Crippen LogP contribution in [0.5, 0.6) is 0 Å². The highest BCUT2D eigenvalue weighted by Gasteiger charge is 2.50. The van der Waals surface area contributed by atoms with Gasteiger partial charge in [0.1, 0.15) is 0 Å². The smallest absolute Gasteiger partial charge is 0.238 e. The molecular formula is C22H21N3O. The Hall–Kier alpha value is -3.01. The van der Waals surface area contributed by atoms with Gasteiger partial charge in [0, 0.05) is 37.0 Å². The van der Waals surface area contributed by atoms with E-state index in [9.17, 15) is 4.79 Å². The molecule has 1 aliphatic heterocycles. The minimum Gasteiger partial charge on any atom is -0.312 e. The number of anilines is 1. The lowest BCUT2D eigenvalue weighted by atomic mass is 9.72. The molecule has 0 aliphatic carbocycles. The zero-order valence-corrected chi connectivity index (χ0v) is 14.8. The molecule has 4 nitrogen and oxygen atoms in total. The average molecular weight is 343 g/mol. The minimum absolute atomic E-state index is 0.176. The zero-order valence-electron chi connectivity index (χ0n) is 14.8. The number of fused-ring (bicyclic) bond motifs is 1. The number of para-hydroxylation sites is 1. The predicted octanol–water partition coefficient (Wildman–Crippen LogP) is 3.57. The maximum atomic E-state index is 13.6. The Bertz CT molecular complexity index is 867. The lowest BCUT2D eigenvalue weighted by Crippen LogP contribution is -2.43. The van der Waals surface area contributed by atoms with Crippen LogP contribution >= 0.6 is 0 Å². The fourth-order valence-corrected chi connectivity index (χ4v) is 4.01. The molecule has 0 saturated carbocycles. The number of rotatable bonds is 5. The standard InChI is InChI=1S/C22H21N3O/c1-2-25-20-6-4-3-5-19(20)22(21(25)26,15-17-7-11-23-12-8-17)16-18-9-13-24-14-10-18/h3-14H,2,15-16H2,1H3. The van der Waals surface area contributed by atoms with E-state index in [-0.39, 0.29) is 5.91 Å². The van der Waals surface area contributed by atoms with Crippen LogP contribution in [0.1, 0.15) is 23.6 Å². The first-order chi connectivity index (χ1) is 12.7. The highest BCUT2D eigenvalue weighted by Crippen LogP contribution is 2.45. The molecular weight excluding hydrogens is 322 g/mol. The number of carbonyl (C=O) groups excluding carboxylic acids is 1. The molecule has 0 spiro atoms. The first kappa shape index (κ1) is 16.5. The van der Waals surface area contributed by atoms with Crippen LogP contribution < -0.4 is 4.90 Å². The van der Waals surface area contributed by atoms with Gasteiger partial charge in [0.25, 0.3) is 0 Å². The van der Waals surface area contributed by atoms with Crippen molar-refractivity contribution in [3.8, 4) is 0 Å². The lowest BCUT2D eigenvalue weighted by Gasteiger charge is -2.29. The summed E-state index contributed by atoms with van der Waals surface area (Å²) in [5.41, 5.74) is 3.78. The normalized spacial score (nSPS) is 15.1. The molecule has 3 aromatic rings. The Balaban J connectivity index is 1.87. The van der Waals surface area contributed by atoms with Crippen LogP contribution in [0, 0.1) is 0 Å². The van der Waals surface area contributed by atoms with Crippen molar-refractivity contribution in [2.75, 3.05) is 11.4 Å². The summed E-state index contributed by atoms with van der Waals surface area (Å²) in [5.74, 6) is 0.176. The number of hydrogen-bond acceptors (Lipinski definition) is 3. The summed E-state index contributed by atoms with van der Waals surface area (Å²) < 4.78 is 0. The second-order valence-corrected chi connectivity index (χ2v) is 6.71. The molecule has 4 heteroatoms. The largest absolute Gasteiger partial charge is 0.312 e. The Morgan fingerprint density at radius 2 is 1.38 bits per heavy atom. The predicted molar refractivity (Wildman–Crippen MR) is 102 cm³/mol. The van der Waals surface area contributed by atoms with E-state index in [0.29, 0.717) is 19.4 Å². The first-order valence-electron chi connectivity index (χ1n) is 8.94. The van der Waals surface area contributed by atoms with Crippen molar-refractivity contribution < 1.29 is 4.79 Å². The molecule has 0 atom stereocenters. The number of hydrogen-bond donors (Lipinski definition) is 0. The molecule has 0 bridgehead atoms. The molecule has 3 heterocycles. The highest BCUT2D eigenvalue weighted by atomic mass is 16.2. The second-order valence-electron chi connectivity index (χ2n) is 6.71. The molecule has 2 aromatic heterocycles. The van der Waals surface area contributed by atoms with Crippen molar-refractivity contribution >= 4 is 11.6 Å². The minimum atomic E-state index is -0.602. The van der Waals surface area contributed by atoms with Gasteiger partial charge in [-0.15, -0.1) is 0 Å². The Morgan fingerprint density at radius 1 is 0.846 bits per heavy atom. The molecule has 26 heavy (non-hydrogen) atoms. The van der Waals surface area contributed by atoms with Gasteiger partial charge in [-0.1, -0.05) is 18.2 Å². The highest BCUT2D eigenvalue weighted by molar-refractivity contribution is 6.08. The molecule has 130 valence electrons. The van der Waals surface area contributed by atoms with Crippen LogP contribution in [-0.4, -0.2) is 22.4 Å². The van der Waals surface area contributed by atoms with Gasteiger partial charge in [-0.05, 0) is 66.8 Å². The van der Waals surface area contributed by atoms with E-state index in [0.717, 1.165) is 22.4 Å². The third-order valence-electron chi connectivity index (χ3n) is 5.19. The number of nitrogens with zero attached hydrogens (tertiary/aromatic N) is 3. The van der Waals surface area contributed by atoms with Crippen molar-refractivity contribution in [2.45, 2.75) is 25.2 Å². The lowest BCUT2D eigenvalue weighted by molar-refractivity contribution is -0.123. The average Bonchev–Trinajstić information content (AvgIpc) is 2.91. The van der Waals surface area contributed by atoms with Gasteiger partial charge in [0.2, 0.25) is 5.91 Å². The second kappa shape index (κ2) is 6.71. The van der Waals surface area contributed by atoms with Crippen LogP contribution in [0.4, 0.5) is 5.69 Å². The maximum Gasteiger partial charge on any atom is 0.238 e. The molecule has 0 fully saturated rings. The first-order valence-corrected chi connectivity index (χ1v) is 8.94. The number of likely N-dealkylation sites (N-methyl/N-ethyl adjacent to an activating group) is 1. The van der Waals surface area contributed by atoms with Crippen LogP contribution in [0.25, 0.3) is 0 Å². The Morgan fingerprint density at radius 3 is 1.92 bits per heavy atom. The van der Waals surface area contributed by atoms with Gasteiger partial charge in [0.15, 0.2) is 0 Å². The third kappa shape index (κ3) is 2.68. The summed E-state index contributed by atoms with van der Waals surface area (Å²) >= 11 is 0. The number of benzene rings is 1. The number of aromatic nitrogens is 2. The quantitative estimate of drug-likeness (QED) is 0.711. The Kier molecular flexibility index (Phi) is 4.25. The molecule has 0 saturated heterocycles. The van der Waals surface area contributed by atoms with Crippen LogP contribution in [0.3, 0.4) is 0 Å². The van der Waals surface area contributed by atoms with E-state index in [1.807, 2.05) is 48.2 Å². The molecule has 1 aliphatic rings. The fourth-order valence-electron chi connectivity index (χ4n) is 4.01. The SMILES string of the molecule is CCN1C(=O)C(Cc2ccncc2)(Cc2ccncc2)c2ccccc21. The van der Waals surface area contributed by atoms with Crippen LogP contribution in [0.15, 0.2) is 73.3 Å². The molecule has 1 amide bonds. The van der Waals surface area contributed by atoms with Gasteiger partial charge >= 0.3 is 0 Å². The summed E-state index contributed by atoms with van der Waals surface area (Å²) in [7, 11) is 0. The van der Waals surface area contributed by atoms with E-state index in [2.05, 4.69) is 22.1 Å². The third-order valence-corrected chi connectivity index (χ3v) is 5.19. The molecule has 1 aromatic carbocycles. The molecule has 0 N–H and O–H groups in total. The summed E-state index contributed by atoms with van der Waals surface area (Å²) in [6.07, 6.45) is 8.47. The monoisotopic (exact) mass is 343 g/mol. The molecule has 0 unspecified atom stereocenters. The van der Waals surface area contributed by atoms with Gasteiger partial charge in [-0.3, -0.25) is 14.8 Å². The van der Waals surface area contributed by atoms with Crippen LogP contribution in [-0.2, 0) is 23.1 Å². The van der Waals surface area contributed by atoms with Gasteiger partial charge < -0.3 is 4.90 Å². The van der Waals surface area contributed by atoms with E-state index in [1.165, 1.54) is 0 Å². The van der Waals surface area contributed by atoms with Gasteiger partial charge in [-0.25, -0.2) is 0 Å². The summed E-state index contributed by atoms with van der Waals surface area (Å²) in [5, 5.41) is 0. The van der Waals surface area contributed by atoms with E-state index in [4.69, 9.17) is 0 Å². The summed E-state index contributed by atoms with van der Waals surface area (Å²) in [4.78, 5) is 23.8. The number of amides is 1. The van der Waals surface area contributed by atoms with Gasteiger partial charge in [0.05, 0.1) is 5.41 Å². The van der Waals surface area contributed by atoms with Crippen molar-refractivity contribution in [3.63, 3.8) is 0 Å². The van der Waals surface area contributed by atoms with Crippen LogP contribution in [0.2, 0.25) is 0 Å². The van der Waals surface area contributed by atoms with E-state index in [1.54, 1.807) is 24.8 Å². The number of carbonyl (C=O) groups is 1. The Labute approximate surface area is 153 Å². The van der Waals surface area contributed by atoms with Gasteiger partial charge in [-0.2, -0.15) is 0 Å². The van der Waals surface area contributed by atoms with E-state index < -0.39 is 5.41 Å². The van der Waals surface area contributed by atoms with Crippen molar-refractivity contribution in [2.24, 2.45) is 0 Å². The van der Waals surface area contributed by atoms with Crippen molar-refractivity contribution in [1.29, 1.82) is 0 Å². The van der Waals surface area contributed by atoms with Crippen molar-refractivity contribution in [1.82, 2.24) is 9.97 Å². The zero-order chi connectivity index (χ0) is 18.0.